The van der Waals surface area contributed by atoms with Crippen LogP contribution in [0.5, 0.6) is 0 Å². The van der Waals surface area contributed by atoms with Gasteiger partial charge in [-0.05, 0) is 33.6 Å². The summed E-state index contributed by atoms with van der Waals surface area (Å²) in [5.74, 6) is -0.490. The van der Waals surface area contributed by atoms with Crippen LogP contribution in [-0.2, 0) is 4.79 Å². The number of rotatable bonds is 7. The topological polar surface area (TPSA) is 88.0 Å². The number of carbonyl (C=O) groups is 1. The number of carboxylic acids is 1. The Labute approximate surface area is 113 Å². The Hall–Kier alpha value is -1.72. The van der Waals surface area contributed by atoms with E-state index < -0.39 is 5.97 Å². The second-order valence-corrected chi connectivity index (χ2v) is 5.02. The summed E-state index contributed by atoms with van der Waals surface area (Å²) >= 11 is 0. The zero-order valence-corrected chi connectivity index (χ0v) is 12.0. The molecule has 1 rings (SSSR count). The van der Waals surface area contributed by atoms with Crippen LogP contribution in [0.4, 0.5) is 5.95 Å². The van der Waals surface area contributed by atoms with Gasteiger partial charge in [-0.2, -0.15) is 5.10 Å². The average Bonchev–Trinajstić information content (AvgIpc) is 2.33. The fourth-order valence-electron chi connectivity index (χ4n) is 1.66. The van der Waals surface area contributed by atoms with Gasteiger partial charge in [0.15, 0.2) is 0 Å². The van der Waals surface area contributed by atoms with Crippen LogP contribution in [0, 0.1) is 19.8 Å². The molecule has 6 heteroatoms. The Morgan fingerprint density at radius 2 is 1.89 bits per heavy atom. The third-order valence-corrected chi connectivity index (χ3v) is 3.16. The molecule has 1 aromatic rings. The minimum Gasteiger partial charge on any atom is -0.481 e. The zero-order chi connectivity index (χ0) is 14.4. The molecule has 106 valence electrons. The molecular formula is C13H22N4O2. The van der Waals surface area contributed by atoms with Gasteiger partial charge in [0.2, 0.25) is 5.95 Å². The zero-order valence-electron chi connectivity index (χ0n) is 12.0. The summed E-state index contributed by atoms with van der Waals surface area (Å²) in [6, 6.07) is 0.199. The first-order valence-electron chi connectivity index (χ1n) is 6.57. The number of aromatic nitrogens is 3. The predicted octanol–water partition coefficient (Wildman–Crippen LogP) is 2.18. The monoisotopic (exact) mass is 266 g/mol. The van der Waals surface area contributed by atoms with Gasteiger partial charge >= 0.3 is 5.97 Å². The van der Waals surface area contributed by atoms with E-state index in [-0.39, 0.29) is 12.0 Å². The van der Waals surface area contributed by atoms with Crippen molar-refractivity contribution in [2.45, 2.75) is 53.0 Å². The summed E-state index contributed by atoms with van der Waals surface area (Å²) in [5.41, 5.74) is 1.69. The maximum atomic E-state index is 10.7. The summed E-state index contributed by atoms with van der Waals surface area (Å²) in [5, 5.41) is 20.0. The molecule has 0 aliphatic carbocycles. The fourth-order valence-corrected chi connectivity index (χ4v) is 1.66. The van der Waals surface area contributed by atoms with Crippen molar-refractivity contribution >= 4 is 11.9 Å². The van der Waals surface area contributed by atoms with Crippen LogP contribution in [0.25, 0.3) is 0 Å². The molecule has 0 aromatic carbocycles. The summed E-state index contributed by atoms with van der Waals surface area (Å²) in [4.78, 5) is 15.0. The lowest BCUT2D eigenvalue weighted by atomic mass is 10.0. The number of nitrogens with one attached hydrogen (secondary N) is 1. The molecule has 2 atom stereocenters. The smallest absolute Gasteiger partial charge is 0.306 e. The van der Waals surface area contributed by atoms with Crippen LogP contribution in [0.3, 0.4) is 0 Å². The van der Waals surface area contributed by atoms with Gasteiger partial charge in [0.05, 0.1) is 17.3 Å². The third kappa shape index (κ3) is 5.19. The molecule has 0 saturated carbocycles. The van der Waals surface area contributed by atoms with Crippen molar-refractivity contribution in [1.29, 1.82) is 0 Å². The van der Waals surface area contributed by atoms with Crippen molar-refractivity contribution in [1.82, 2.24) is 15.2 Å². The van der Waals surface area contributed by atoms with Crippen LogP contribution in [0.1, 0.15) is 44.5 Å². The van der Waals surface area contributed by atoms with Crippen LogP contribution < -0.4 is 5.32 Å². The lowest BCUT2D eigenvalue weighted by Crippen LogP contribution is -2.19. The van der Waals surface area contributed by atoms with Gasteiger partial charge in [-0.25, -0.2) is 4.98 Å². The highest BCUT2D eigenvalue weighted by molar-refractivity contribution is 5.69. The molecule has 2 unspecified atom stereocenters. The average molecular weight is 266 g/mol. The van der Waals surface area contributed by atoms with Gasteiger partial charge in [0.1, 0.15) is 0 Å². The second-order valence-electron chi connectivity index (χ2n) is 5.02. The second kappa shape index (κ2) is 7.01. The van der Waals surface area contributed by atoms with Crippen molar-refractivity contribution in [2.24, 2.45) is 5.92 Å². The van der Waals surface area contributed by atoms with Gasteiger partial charge in [-0.15, -0.1) is 5.10 Å². The predicted molar refractivity (Wildman–Crippen MR) is 73.0 cm³/mol. The molecule has 19 heavy (non-hydrogen) atoms. The van der Waals surface area contributed by atoms with E-state index in [0.717, 1.165) is 24.2 Å². The normalized spacial score (nSPS) is 13.9. The highest BCUT2D eigenvalue weighted by Crippen LogP contribution is 2.12. The molecule has 0 amide bonds. The largest absolute Gasteiger partial charge is 0.481 e. The Bertz CT molecular complexity index is 437. The number of hydrogen-bond acceptors (Lipinski definition) is 5. The molecule has 0 saturated heterocycles. The van der Waals surface area contributed by atoms with E-state index >= 15 is 0 Å². The van der Waals surface area contributed by atoms with Gasteiger partial charge in [0, 0.05) is 6.04 Å². The number of hydrogen-bond donors (Lipinski definition) is 2. The number of carboxylic acid groups (broad SMARTS) is 1. The molecule has 0 aliphatic heterocycles. The van der Waals surface area contributed by atoms with Crippen molar-refractivity contribution in [3.8, 4) is 0 Å². The van der Waals surface area contributed by atoms with E-state index in [1.807, 2.05) is 20.8 Å². The molecule has 0 fully saturated rings. The van der Waals surface area contributed by atoms with E-state index in [4.69, 9.17) is 5.11 Å². The first-order chi connectivity index (χ1) is 8.90. The van der Waals surface area contributed by atoms with Gasteiger partial charge in [-0.3, -0.25) is 4.79 Å². The molecule has 2 N–H and O–H groups in total. The Morgan fingerprint density at radius 3 is 2.47 bits per heavy atom. The van der Waals surface area contributed by atoms with E-state index in [1.165, 1.54) is 0 Å². The van der Waals surface area contributed by atoms with Crippen molar-refractivity contribution in [2.75, 3.05) is 5.32 Å². The van der Waals surface area contributed by atoms with E-state index in [9.17, 15) is 4.79 Å². The Morgan fingerprint density at radius 1 is 1.21 bits per heavy atom. The molecular weight excluding hydrogens is 244 g/mol. The molecule has 6 nitrogen and oxygen atoms in total. The summed E-state index contributed by atoms with van der Waals surface area (Å²) < 4.78 is 0. The van der Waals surface area contributed by atoms with Crippen molar-refractivity contribution in [3.63, 3.8) is 0 Å². The number of aryl methyl sites for hydroxylation is 2. The van der Waals surface area contributed by atoms with E-state index in [1.54, 1.807) is 6.92 Å². The minimum atomic E-state index is -0.734. The van der Waals surface area contributed by atoms with Crippen LogP contribution in [-0.4, -0.2) is 32.3 Å². The van der Waals surface area contributed by atoms with Gasteiger partial charge in [-0.1, -0.05) is 13.3 Å². The minimum absolute atomic E-state index is 0.199. The summed E-state index contributed by atoms with van der Waals surface area (Å²) in [6.07, 6.45) is 2.43. The lowest BCUT2D eigenvalue weighted by Gasteiger charge is -2.14. The summed E-state index contributed by atoms with van der Waals surface area (Å²) in [6.45, 7) is 7.53. The first kappa shape index (κ1) is 15.3. The van der Waals surface area contributed by atoms with Crippen LogP contribution in [0.2, 0.25) is 0 Å². The third-order valence-electron chi connectivity index (χ3n) is 3.16. The van der Waals surface area contributed by atoms with Crippen molar-refractivity contribution < 1.29 is 9.90 Å². The Balaban J connectivity index is 2.36. The first-order valence-corrected chi connectivity index (χ1v) is 6.57. The van der Waals surface area contributed by atoms with Crippen molar-refractivity contribution in [3.05, 3.63) is 11.4 Å². The molecule has 0 bridgehead atoms. The Kier molecular flexibility index (Phi) is 5.66. The standard InChI is InChI=1S/C13H22N4O2/c1-8(12(18)19)6-5-7-9(2)14-13-15-10(3)11(4)16-17-13/h8-9H,5-7H2,1-4H3,(H,18,19)(H,14,15,17). The molecule has 0 radical (unpaired) electrons. The van der Waals surface area contributed by atoms with Crippen LogP contribution in [0.15, 0.2) is 0 Å². The SMILES string of the molecule is Cc1nnc(NC(C)CCCC(C)C(=O)O)nc1C. The summed E-state index contributed by atoms with van der Waals surface area (Å²) in [7, 11) is 0. The van der Waals surface area contributed by atoms with E-state index in [2.05, 4.69) is 20.5 Å². The molecule has 0 spiro atoms. The lowest BCUT2D eigenvalue weighted by molar-refractivity contribution is -0.141. The maximum Gasteiger partial charge on any atom is 0.306 e. The van der Waals surface area contributed by atoms with Gasteiger partial charge in [0.25, 0.3) is 0 Å². The molecule has 1 aromatic heterocycles. The van der Waals surface area contributed by atoms with Gasteiger partial charge < -0.3 is 10.4 Å². The number of nitrogens with zero attached hydrogens (tertiary/aromatic N) is 3. The quantitative estimate of drug-likeness (QED) is 0.786. The number of aliphatic carboxylic acids is 1. The maximum absolute atomic E-state index is 10.7. The fraction of sp³-hybridized carbons (Fsp3) is 0.692. The highest BCUT2D eigenvalue weighted by atomic mass is 16.4. The van der Waals surface area contributed by atoms with E-state index in [0.29, 0.717) is 12.4 Å². The van der Waals surface area contributed by atoms with Crippen LogP contribution >= 0.6 is 0 Å². The number of anilines is 1. The molecule has 1 heterocycles. The highest BCUT2D eigenvalue weighted by Gasteiger charge is 2.12. The molecule has 0 aliphatic rings.